The highest BCUT2D eigenvalue weighted by Gasteiger charge is 2.05. The maximum atomic E-state index is 13.4. The lowest BCUT2D eigenvalue weighted by atomic mass is 10.1. The van der Waals surface area contributed by atoms with Crippen molar-refractivity contribution in [2.24, 2.45) is 5.73 Å². The number of hydrogen-bond donors (Lipinski definition) is 1. The molecule has 0 saturated heterocycles. The van der Waals surface area contributed by atoms with Gasteiger partial charge < -0.3 is 5.73 Å². The largest absolute Gasteiger partial charge is 0.326 e. The van der Waals surface area contributed by atoms with Crippen LogP contribution in [0.4, 0.5) is 8.78 Å². The van der Waals surface area contributed by atoms with Gasteiger partial charge in [-0.25, -0.2) is 8.78 Å². The van der Waals surface area contributed by atoms with Gasteiger partial charge in [-0.2, -0.15) is 0 Å². The molecule has 2 N–H and O–H groups in total. The van der Waals surface area contributed by atoms with Crippen LogP contribution >= 0.6 is 0 Å². The van der Waals surface area contributed by atoms with Gasteiger partial charge in [-0.1, -0.05) is 18.2 Å². The van der Waals surface area contributed by atoms with Gasteiger partial charge in [0.1, 0.15) is 11.6 Å². The van der Waals surface area contributed by atoms with Crippen LogP contribution in [0.1, 0.15) is 16.7 Å². The molecular formula is C16H18F2N2. The second kappa shape index (κ2) is 6.59. The van der Waals surface area contributed by atoms with Crippen molar-refractivity contribution in [3.05, 3.63) is 70.8 Å². The molecule has 20 heavy (non-hydrogen) atoms. The quantitative estimate of drug-likeness (QED) is 0.909. The first kappa shape index (κ1) is 14.6. The van der Waals surface area contributed by atoms with Crippen LogP contribution in [-0.2, 0) is 19.6 Å². The predicted molar refractivity (Wildman–Crippen MR) is 75.9 cm³/mol. The molecule has 106 valence electrons. The zero-order valence-electron chi connectivity index (χ0n) is 11.4. The number of benzene rings is 2. The first-order valence-electron chi connectivity index (χ1n) is 6.48. The fourth-order valence-electron chi connectivity index (χ4n) is 2.20. The standard InChI is InChI=1S/C16H18F2N2/c1-20(10-12-2-4-15(17)5-3-12)11-14-6-13(9-19)7-16(18)8-14/h2-8H,9-11,19H2,1H3. The summed E-state index contributed by atoms with van der Waals surface area (Å²) in [6.45, 7) is 1.61. The first-order valence-corrected chi connectivity index (χ1v) is 6.48. The van der Waals surface area contributed by atoms with Crippen molar-refractivity contribution in [2.75, 3.05) is 7.05 Å². The average Bonchev–Trinajstić information content (AvgIpc) is 2.40. The van der Waals surface area contributed by atoms with E-state index in [1.807, 2.05) is 18.0 Å². The summed E-state index contributed by atoms with van der Waals surface area (Å²) in [7, 11) is 1.94. The Morgan fingerprint density at radius 1 is 0.850 bits per heavy atom. The second-order valence-electron chi connectivity index (χ2n) is 4.97. The maximum Gasteiger partial charge on any atom is 0.123 e. The third-order valence-electron chi connectivity index (χ3n) is 3.07. The van der Waals surface area contributed by atoms with E-state index in [-0.39, 0.29) is 11.6 Å². The smallest absolute Gasteiger partial charge is 0.123 e. The molecule has 2 aromatic rings. The van der Waals surface area contributed by atoms with Crippen LogP contribution in [0.25, 0.3) is 0 Å². The van der Waals surface area contributed by atoms with Crippen molar-refractivity contribution in [1.29, 1.82) is 0 Å². The van der Waals surface area contributed by atoms with Crippen molar-refractivity contribution in [3.8, 4) is 0 Å². The molecule has 0 heterocycles. The maximum absolute atomic E-state index is 13.4. The Kier molecular flexibility index (Phi) is 4.82. The van der Waals surface area contributed by atoms with Crippen molar-refractivity contribution >= 4 is 0 Å². The molecule has 0 amide bonds. The van der Waals surface area contributed by atoms with Crippen LogP contribution in [-0.4, -0.2) is 11.9 Å². The molecule has 0 bridgehead atoms. The summed E-state index contributed by atoms with van der Waals surface area (Å²) in [5.74, 6) is -0.507. The van der Waals surface area contributed by atoms with Crippen molar-refractivity contribution in [2.45, 2.75) is 19.6 Å². The molecular weight excluding hydrogens is 258 g/mol. The summed E-state index contributed by atoms with van der Waals surface area (Å²) in [6, 6.07) is 11.3. The predicted octanol–water partition coefficient (Wildman–Crippen LogP) is 3.06. The Balaban J connectivity index is 2.02. The lowest BCUT2D eigenvalue weighted by Gasteiger charge is -2.17. The highest BCUT2D eigenvalue weighted by Crippen LogP contribution is 2.13. The summed E-state index contributed by atoms with van der Waals surface area (Å²) in [5.41, 5.74) is 8.23. The molecule has 4 heteroatoms. The van der Waals surface area contributed by atoms with Gasteiger partial charge in [0.05, 0.1) is 0 Å². The average molecular weight is 276 g/mol. The molecule has 0 aliphatic carbocycles. The highest BCUT2D eigenvalue weighted by atomic mass is 19.1. The van der Waals surface area contributed by atoms with Crippen molar-refractivity contribution in [3.63, 3.8) is 0 Å². The Morgan fingerprint density at radius 2 is 1.45 bits per heavy atom. The van der Waals surface area contributed by atoms with Crippen LogP contribution in [0.3, 0.4) is 0 Å². The van der Waals surface area contributed by atoms with E-state index in [1.165, 1.54) is 24.3 Å². The van der Waals surface area contributed by atoms with E-state index >= 15 is 0 Å². The summed E-state index contributed by atoms with van der Waals surface area (Å²) >= 11 is 0. The van der Waals surface area contributed by atoms with Gasteiger partial charge in [0.15, 0.2) is 0 Å². The van der Waals surface area contributed by atoms with Gasteiger partial charge in [0.25, 0.3) is 0 Å². The molecule has 2 aromatic carbocycles. The zero-order valence-corrected chi connectivity index (χ0v) is 11.4. The Morgan fingerprint density at radius 3 is 2.10 bits per heavy atom. The summed E-state index contributed by atoms with van der Waals surface area (Å²) in [4.78, 5) is 2.04. The number of hydrogen-bond acceptors (Lipinski definition) is 2. The van der Waals surface area contributed by atoms with Gasteiger partial charge in [0.2, 0.25) is 0 Å². The Labute approximate surface area is 117 Å². The van der Waals surface area contributed by atoms with Gasteiger partial charge in [-0.15, -0.1) is 0 Å². The minimum atomic E-state index is -0.266. The van der Waals surface area contributed by atoms with Gasteiger partial charge in [-0.3, -0.25) is 4.90 Å². The Bertz CT molecular complexity index is 567. The molecule has 0 saturated carbocycles. The first-order chi connectivity index (χ1) is 9.56. The monoisotopic (exact) mass is 276 g/mol. The lowest BCUT2D eigenvalue weighted by Crippen LogP contribution is -2.17. The molecule has 2 rings (SSSR count). The minimum Gasteiger partial charge on any atom is -0.326 e. The number of nitrogens with zero attached hydrogens (tertiary/aromatic N) is 1. The summed E-state index contributed by atoms with van der Waals surface area (Å²) < 4.78 is 26.3. The van der Waals surface area contributed by atoms with E-state index in [0.717, 1.165) is 16.7 Å². The zero-order chi connectivity index (χ0) is 14.5. The number of nitrogens with two attached hydrogens (primary N) is 1. The molecule has 0 atom stereocenters. The van der Waals surface area contributed by atoms with E-state index in [1.54, 1.807) is 12.1 Å². The van der Waals surface area contributed by atoms with Crippen molar-refractivity contribution in [1.82, 2.24) is 4.90 Å². The van der Waals surface area contributed by atoms with Crippen LogP contribution in [0.5, 0.6) is 0 Å². The molecule has 0 aromatic heterocycles. The summed E-state index contributed by atoms with van der Waals surface area (Å²) in [5, 5.41) is 0. The van der Waals surface area contributed by atoms with E-state index in [4.69, 9.17) is 5.73 Å². The molecule has 0 unspecified atom stereocenters. The number of halogens is 2. The fourth-order valence-corrected chi connectivity index (χ4v) is 2.20. The molecule has 2 nitrogen and oxygen atoms in total. The van der Waals surface area contributed by atoms with E-state index < -0.39 is 0 Å². The molecule has 0 fully saturated rings. The van der Waals surface area contributed by atoms with Gasteiger partial charge in [0, 0.05) is 19.6 Å². The summed E-state index contributed by atoms with van der Waals surface area (Å²) in [6.07, 6.45) is 0. The van der Waals surface area contributed by atoms with Crippen LogP contribution in [0.2, 0.25) is 0 Å². The van der Waals surface area contributed by atoms with E-state index in [9.17, 15) is 8.78 Å². The van der Waals surface area contributed by atoms with Gasteiger partial charge in [-0.05, 0) is 48.0 Å². The van der Waals surface area contributed by atoms with E-state index in [2.05, 4.69) is 0 Å². The topological polar surface area (TPSA) is 29.3 Å². The lowest BCUT2D eigenvalue weighted by molar-refractivity contribution is 0.318. The minimum absolute atomic E-state index is 0.242. The SMILES string of the molecule is CN(Cc1ccc(F)cc1)Cc1cc(F)cc(CN)c1. The normalized spacial score (nSPS) is 11.1. The highest BCUT2D eigenvalue weighted by molar-refractivity contribution is 5.24. The number of rotatable bonds is 5. The third kappa shape index (κ3) is 4.11. The third-order valence-corrected chi connectivity index (χ3v) is 3.07. The van der Waals surface area contributed by atoms with Crippen LogP contribution in [0, 0.1) is 11.6 Å². The molecule has 0 spiro atoms. The molecule has 0 aliphatic rings. The van der Waals surface area contributed by atoms with Crippen LogP contribution in [0.15, 0.2) is 42.5 Å². The molecule has 0 radical (unpaired) electrons. The Hall–Kier alpha value is -1.78. The molecule has 0 aliphatic heterocycles. The van der Waals surface area contributed by atoms with E-state index in [0.29, 0.717) is 19.6 Å². The van der Waals surface area contributed by atoms with Crippen molar-refractivity contribution < 1.29 is 8.78 Å². The second-order valence-corrected chi connectivity index (χ2v) is 4.97. The fraction of sp³-hybridized carbons (Fsp3) is 0.250. The van der Waals surface area contributed by atoms with Gasteiger partial charge >= 0.3 is 0 Å². The van der Waals surface area contributed by atoms with Crippen LogP contribution < -0.4 is 5.73 Å².